The van der Waals surface area contributed by atoms with Crippen LogP contribution in [0.4, 0.5) is 0 Å². The SMILES string of the molecule is CC(O)C(C)OC1(C(=O)O)CCSC1C. The molecule has 0 aliphatic carbocycles. The summed E-state index contributed by atoms with van der Waals surface area (Å²) in [5.41, 5.74) is -1.12. The molecule has 1 fully saturated rings. The maximum absolute atomic E-state index is 11.3. The van der Waals surface area contributed by atoms with E-state index in [1.807, 2.05) is 6.92 Å². The molecule has 1 saturated heterocycles. The molecule has 0 aromatic rings. The van der Waals surface area contributed by atoms with Crippen LogP contribution in [0.15, 0.2) is 0 Å². The maximum Gasteiger partial charge on any atom is 0.337 e. The number of hydrogen-bond acceptors (Lipinski definition) is 4. The van der Waals surface area contributed by atoms with Crippen LogP contribution >= 0.6 is 11.8 Å². The van der Waals surface area contributed by atoms with Gasteiger partial charge in [-0.2, -0.15) is 11.8 Å². The Bertz CT molecular complexity index is 244. The van der Waals surface area contributed by atoms with E-state index >= 15 is 0 Å². The Morgan fingerprint density at radius 3 is 2.53 bits per heavy atom. The molecule has 0 aromatic heterocycles. The lowest BCUT2D eigenvalue weighted by Gasteiger charge is -2.32. The van der Waals surface area contributed by atoms with E-state index in [1.165, 1.54) is 0 Å². The lowest BCUT2D eigenvalue weighted by Crippen LogP contribution is -2.49. The van der Waals surface area contributed by atoms with Crippen molar-refractivity contribution in [2.24, 2.45) is 0 Å². The Labute approximate surface area is 94.0 Å². The molecule has 0 radical (unpaired) electrons. The fourth-order valence-corrected chi connectivity index (χ4v) is 2.96. The van der Waals surface area contributed by atoms with Crippen LogP contribution in [0.3, 0.4) is 0 Å². The van der Waals surface area contributed by atoms with E-state index in [-0.39, 0.29) is 5.25 Å². The zero-order valence-electron chi connectivity index (χ0n) is 9.27. The van der Waals surface area contributed by atoms with Crippen molar-refractivity contribution >= 4 is 17.7 Å². The average Bonchev–Trinajstić information content (AvgIpc) is 2.48. The summed E-state index contributed by atoms with van der Waals surface area (Å²) in [5, 5.41) is 18.5. The van der Waals surface area contributed by atoms with Gasteiger partial charge in [-0.25, -0.2) is 4.79 Å². The summed E-state index contributed by atoms with van der Waals surface area (Å²) in [4.78, 5) is 11.3. The van der Waals surface area contributed by atoms with Crippen LogP contribution in [-0.4, -0.2) is 45.0 Å². The van der Waals surface area contributed by atoms with Crippen molar-refractivity contribution in [3.05, 3.63) is 0 Å². The number of carboxylic acids is 1. The minimum atomic E-state index is -1.12. The zero-order chi connectivity index (χ0) is 11.6. The number of carboxylic acid groups (broad SMARTS) is 1. The first-order chi connectivity index (χ1) is 6.90. The van der Waals surface area contributed by atoms with E-state index in [9.17, 15) is 15.0 Å². The minimum absolute atomic E-state index is 0.0730. The van der Waals surface area contributed by atoms with E-state index in [0.717, 1.165) is 5.75 Å². The van der Waals surface area contributed by atoms with E-state index in [1.54, 1.807) is 25.6 Å². The fraction of sp³-hybridized carbons (Fsp3) is 0.900. The molecular weight excluding hydrogens is 216 g/mol. The largest absolute Gasteiger partial charge is 0.479 e. The molecule has 4 atom stereocenters. The second kappa shape index (κ2) is 4.72. The van der Waals surface area contributed by atoms with Gasteiger partial charge in [0.25, 0.3) is 0 Å². The Morgan fingerprint density at radius 2 is 2.20 bits per heavy atom. The van der Waals surface area contributed by atoms with Gasteiger partial charge < -0.3 is 14.9 Å². The smallest absolute Gasteiger partial charge is 0.337 e. The second-order valence-electron chi connectivity index (χ2n) is 4.02. The highest BCUT2D eigenvalue weighted by Gasteiger charge is 2.50. The zero-order valence-corrected chi connectivity index (χ0v) is 10.1. The van der Waals surface area contributed by atoms with E-state index in [2.05, 4.69) is 0 Å². The Morgan fingerprint density at radius 1 is 1.60 bits per heavy atom. The first kappa shape index (κ1) is 12.8. The molecule has 0 aromatic carbocycles. The molecule has 1 aliphatic rings. The summed E-state index contributed by atoms with van der Waals surface area (Å²) in [5.74, 6) is -0.132. The fourth-order valence-electron chi connectivity index (χ4n) is 1.64. The van der Waals surface area contributed by atoms with Gasteiger partial charge in [-0.3, -0.25) is 0 Å². The van der Waals surface area contributed by atoms with Crippen molar-refractivity contribution in [1.29, 1.82) is 0 Å². The van der Waals surface area contributed by atoms with Gasteiger partial charge in [0.05, 0.1) is 12.2 Å². The second-order valence-corrected chi connectivity index (χ2v) is 5.47. The molecular formula is C10H18O4S. The summed E-state index contributed by atoms with van der Waals surface area (Å²) in [6.45, 7) is 5.17. The van der Waals surface area contributed by atoms with Crippen LogP contribution in [0, 0.1) is 0 Å². The summed E-state index contributed by atoms with van der Waals surface area (Å²) in [6.07, 6.45) is -0.605. The summed E-state index contributed by atoms with van der Waals surface area (Å²) < 4.78 is 5.56. The molecule has 4 nitrogen and oxygen atoms in total. The number of aliphatic hydroxyl groups excluding tert-OH is 1. The molecule has 2 N–H and O–H groups in total. The van der Waals surface area contributed by atoms with Gasteiger partial charge >= 0.3 is 5.97 Å². The molecule has 1 aliphatic heterocycles. The maximum atomic E-state index is 11.3. The third-order valence-corrected chi connectivity index (χ3v) is 4.26. The van der Waals surface area contributed by atoms with Gasteiger partial charge in [-0.1, -0.05) is 0 Å². The van der Waals surface area contributed by atoms with E-state index < -0.39 is 23.8 Å². The third-order valence-electron chi connectivity index (χ3n) is 2.94. The van der Waals surface area contributed by atoms with Crippen molar-refractivity contribution < 1.29 is 19.7 Å². The molecule has 88 valence electrons. The predicted octanol–water partition coefficient (Wildman–Crippen LogP) is 1.12. The van der Waals surface area contributed by atoms with E-state index in [0.29, 0.717) is 6.42 Å². The average molecular weight is 234 g/mol. The summed E-state index contributed by atoms with van der Waals surface area (Å²) in [6, 6.07) is 0. The molecule has 4 unspecified atom stereocenters. The first-order valence-corrected chi connectivity index (χ1v) is 6.16. The lowest BCUT2D eigenvalue weighted by molar-refractivity contribution is -0.178. The lowest BCUT2D eigenvalue weighted by atomic mass is 9.96. The molecule has 5 heteroatoms. The molecule has 15 heavy (non-hydrogen) atoms. The normalized spacial score (nSPS) is 35.1. The van der Waals surface area contributed by atoms with Crippen LogP contribution < -0.4 is 0 Å². The number of hydrogen-bond donors (Lipinski definition) is 2. The van der Waals surface area contributed by atoms with Gasteiger partial charge in [0.2, 0.25) is 0 Å². The number of aliphatic carboxylic acids is 1. The van der Waals surface area contributed by atoms with Gasteiger partial charge in [-0.05, 0) is 32.9 Å². The van der Waals surface area contributed by atoms with E-state index in [4.69, 9.17) is 4.74 Å². The highest BCUT2D eigenvalue weighted by Crippen LogP contribution is 2.39. The van der Waals surface area contributed by atoms with Crippen molar-refractivity contribution in [3.8, 4) is 0 Å². The number of carbonyl (C=O) groups is 1. The standard InChI is InChI=1S/C10H18O4S/c1-6(11)7(2)14-10(9(12)13)4-5-15-8(10)3/h6-8,11H,4-5H2,1-3H3,(H,12,13). The molecule has 0 bridgehead atoms. The Hall–Kier alpha value is -0.260. The summed E-state index contributed by atoms with van der Waals surface area (Å²) >= 11 is 1.60. The van der Waals surface area contributed by atoms with Gasteiger partial charge in [0.15, 0.2) is 5.60 Å². The highest BCUT2D eigenvalue weighted by atomic mass is 32.2. The topological polar surface area (TPSA) is 66.8 Å². The molecule has 0 amide bonds. The molecule has 0 spiro atoms. The van der Waals surface area contributed by atoms with Crippen molar-refractivity contribution in [2.45, 2.75) is 50.3 Å². The van der Waals surface area contributed by atoms with Crippen LogP contribution in [0.2, 0.25) is 0 Å². The Balaban J connectivity index is 2.79. The monoisotopic (exact) mass is 234 g/mol. The molecule has 1 rings (SSSR count). The van der Waals surface area contributed by atoms with Crippen LogP contribution in [0.25, 0.3) is 0 Å². The first-order valence-electron chi connectivity index (χ1n) is 5.11. The van der Waals surface area contributed by atoms with Crippen LogP contribution in [-0.2, 0) is 9.53 Å². The number of ether oxygens (including phenoxy) is 1. The summed E-state index contributed by atoms with van der Waals surface area (Å²) in [7, 11) is 0. The molecule has 0 saturated carbocycles. The number of aliphatic hydroxyl groups is 1. The van der Waals surface area contributed by atoms with Crippen LogP contribution in [0.5, 0.6) is 0 Å². The third kappa shape index (κ3) is 2.46. The van der Waals surface area contributed by atoms with Crippen molar-refractivity contribution in [1.82, 2.24) is 0 Å². The minimum Gasteiger partial charge on any atom is -0.479 e. The van der Waals surface area contributed by atoms with Crippen molar-refractivity contribution in [3.63, 3.8) is 0 Å². The van der Waals surface area contributed by atoms with Crippen molar-refractivity contribution in [2.75, 3.05) is 5.75 Å². The number of rotatable bonds is 4. The Kier molecular flexibility index (Phi) is 4.03. The van der Waals surface area contributed by atoms with Gasteiger partial charge in [0, 0.05) is 5.25 Å². The predicted molar refractivity (Wildman–Crippen MR) is 59.1 cm³/mol. The number of thioether (sulfide) groups is 1. The molecule has 1 heterocycles. The van der Waals surface area contributed by atoms with Gasteiger partial charge in [-0.15, -0.1) is 0 Å². The van der Waals surface area contributed by atoms with Crippen LogP contribution in [0.1, 0.15) is 27.2 Å². The van der Waals surface area contributed by atoms with Gasteiger partial charge in [0.1, 0.15) is 0 Å². The highest BCUT2D eigenvalue weighted by molar-refractivity contribution is 8.00. The quantitative estimate of drug-likeness (QED) is 0.763.